The van der Waals surface area contributed by atoms with Gasteiger partial charge >= 0.3 is 0 Å². The van der Waals surface area contributed by atoms with Crippen LogP contribution < -0.4 is 14.8 Å². The lowest BCUT2D eigenvalue weighted by molar-refractivity contribution is -0.114. The van der Waals surface area contributed by atoms with Gasteiger partial charge in [-0.3, -0.25) is 4.79 Å². The first-order valence-corrected chi connectivity index (χ1v) is 9.21. The van der Waals surface area contributed by atoms with Crippen molar-refractivity contribution in [2.75, 3.05) is 12.4 Å². The van der Waals surface area contributed by atoms with E-state index in [4.69, 9.17) is 4.74 Å². The van der Waals surface area contributed by atoms with Crippen LogP contribution in [-0.2, 0) is 14.8 Å². The van der Waals surface area contributed by atoms with E-state index in [1.54, 1.807) is 6.92 Å². The SMILES string of the molecule is COc1ccc(S(=O)(=O)N[C@@H](C)c2cccs2)cc1NC(C)=O. The molecule has 0 saturated heterocycles. The monoisotopic (exact) mass is 354 g/mol. The summed E-state index contributed by atoms with van der Waals surface area (Å²) in [5.41, 5.74) is 0.312. The molecule has 0 aliphatic heterocycles. The van der Waals surface area contributed by atoms with Crippen LogP contribution in [0.3, 0.4) is 0 Å². The second-order valence-electron chi connectivity index (χ2n) is 4.90. The Morgan fingerprint density at radius 1 is 1.30 bits per heavy atom. The van der Waals surface area contributed by atoms with Gasteiger partial charge in [-0.15, -0.1) is 11.3 Å². The first-order chi connectivity index (χ1) is 10.8. The number of hydrogen-bond donors (Lipinski definition) is 2. The van der Waals surface area contributed by atoms with Gasteiger partial charge in [-0.05, 0) is 36.6 Å². The summed E-state index contributed by atoms with van der Waals surface area (Å²) in [5.74, 6) is 0.0863. The molecule has 0 radical (unpaired) electrons. The van der Waals surface area contributed by atoms with Gasteiger partial charge in [0.15, 0.2) is 0 Å². The Bertz CT molecular complexity index is 786. The van der Waals surface area contributed by atoms with Crippen molar-refractivity contribution in [2.45, 2.75) is 24.8 Å². The van der Waals surface area contributed by atoms with Gasteiger partial charge in [-0.1, -0.05) is 6.07 Å². The van der Waals surface area contributed by atoms with Crippen LogP contribution in [0, 0.1) is 0 Å². The van der Waals surface area contributed by atoms with Crippen LogP contribution in [0.2, 0.25) is 0 Å². The number of carbonyl (C=O) groups excluding carboxylic acids is 1. The fourth-order valence-electron chi connectivity index (χ4n) is 2.04. The highest BCUT2D eigenvalue weighted by Gasteiger charge is 2.20. The third-order valence-electron chi connectivity index (χ3n) is 3.09. The fourth-order valence-corrected chi connectivity index (χ4v) is 4.10. The third kappa shape index (κ3) is 4.31. The number of nitrogens with one attached hydrogen (secondary N) is 2. The quantitative estimate of drug-likeness (QED) is 0.835. The topological polar surface area (TPSA) is 84.5 Å². The second-order valence-corrected chi connectivity index (χ2v) is 7.59. The van der Waals surface area contributed by atoms with E-state index < -0.39 is 10.0 Å². The number of thiophene rings is 1. The Balaban J connectivity index is 2.30. The molecule has 0 bridgehead atoms. The van der Waals surface area contributed by atoms with Crippen LogP contribution in [0.1, 0.15) is 24.8 Å². The molecule has 2 aromatic rings. The fraction of sp³-hybridized carbons (Fsp3) is 0.267. The summed E-state index contributed by atoms with van der Waals surface area (Å²) < 4.78 is 32.8. The van der Waals surface area contributed by atoms with E-state index >= 15 is 0 Å². The molecule has 0 spiro atoms. The highest BCUT2D eigenvalue weighted by Crippen LogP contribution is 2.28. The maximum absolute atomic E-state index is 12.5. The molecule has 8 heteroatoms. The third-order valence-corrected chi connectivity index (χ3v) is 5.69. The van der Waals surface area contributed by atoms with Gasteiger partial charge in [0.05, 0.1) is 23.7 Å². The molecule has 2 N–H and O–H groups in total. The summed E-state index contributed by atoms with van der Waals surface area (Å²) >= 11 is 1.48. The number of sulfonamides is 1. The number of rotatable bonds is 6. The van der Waals surface area contributed by atoms with E-state index in [2.05, 4.69) is 10.0 Å². The Hall–Kier alpha value is -1.90. The average molecular weight is 354 g/mol. The zero-order chi connectivity index (χ0) is 17.0. The molecule has 1 aromatic carbocycles. The highest BCUT2D eigenvalue weighted by molar-refractivity contribution is 7.89. The average Bonchev–Trinajstić information content (AvgIpc) is 3.00. The largest absolute Gasteiger partial charge is 0.495 e. The maximum atomic E-state index is 12.5. The summed E-state index contributed by atoms with van der Waals surface area (Å²) in [6.07, 6.45) is 0. The van der Waals surface area contributed by atoms with Gasteiger partial charge in [0.2, 0.25) is 15.9 Å². The van der Waals surface area contributed by atoms with Gasteiger partial charge < -0.3 is 10.1 Å². The van der Waals surface area contributed by atoms with Crippen molar-refractivity contribution >= 4 is 33.0 Å². The molecule has 0 unspecified atom stereocenters. The molecule has 0 aliphatic carbocycles. The number of ether oxygens (including phenoxy) is 1. The van der Waals surface area contributed by atoms with Crippen LogP contribution in [0.15, 0.2) is 40.6 Å². The van der Waals surface area contributed by atoms with Gasteiger partial charge in [0, 0.05) is 11.8 Å². The normalized spacial score (nSPS) is 12.7. The molecule has 0 fully saturated rings. The smallest absolute Gasteiger partial charge is 0.241 e. The van der Waals surface area contributed by atoms with E-state index in [9.17, 15) is 13.2 Å². The Morgan fingerprint density at radius 2 is 2.04 bits per heavy atom. The van der Waals surface area contributed by atoms with Crippen molar-refractivity contribution in [3.05, 3.63) is 40.6 Å². The molecule has 6 nitrogen and oxygen atoms in total. The molecule has 2 rings (SSSR count). The number of anilines is 1. The highest BCUT2D eigenvalue weighted by atomic mass is 32.2. The molecule has 124 valence electrons. The van der Waals surface area contributed by atoms with Crippen LogP contribution in [-0.4, -0.2) is 21.4 Å². The standard InChI is InChI=1S/C15H18N2O4S2/c1-10(15-5-4-8-22-15)17-23(19,20)12-6-7-14(21-3)13(9-12)16-11(2)18/h4-10,17H,1-3H3,(H,16,18)/t10-/m0/s1. The van der Waals surface area contributed by atoms with Gasteiger partial charge in [-0.25, -0.2) is 13.1 Å². The van der Waals surface area contributed by atoms with Crippen LogP contribution >= 0.6 is 11.3 Å². The summed E-state index contributed by atoms with van der Waals surface area (Å²) in [4.78, 5) is 12.2. The first kappa shape index (κ1) is 17.5. The molecule has 1 atom stereocenters. The van der Waals surface area contributed by atoms with E-state index in [0.29, 0.717) is 11.4 Å². The van der Waals surface area contributed by atoms with Crippen molar-refractivity contribution in [3.63, 3.8) is 0 Å². The van der Waals surface area contributed by atoms with E-state index in [1.165, 1.54) is 43.6 Å². The lowest BCUT2D eigenvalue weighted by atomic mass is 10.3. The van der Waals surface area contributed by atoms with Crippen molar-refractivity contribution in [1.29, 1.82) is 0 Å². The zero-order valence-electron chi connectivity index (χ0n) is 13.0. The Kier molecular flexibility index (Phi) is 5.40. The predicted molar refractivity (Wildman–Crippen MR) is 90.4 cm³/mol. The molecule has 1 aromatic heterocycles. The molecular formula is C15H18N2O4S2. The van der Waals surface area contributed by atoms with Crippen molar-refractivity contribution < 1.29 is 17.9 Å². The molecular weight excluding hydrogens is 336 g/mol. The Labute approximate surface area is 139 Å². The predicted octanol–water partition coefficient (Wildman–Crippen LogP) is 2.75. The summed E-state index contributed by atoms with van der Waals surface area (Å²) in [5, 5.41) is 4.45. The van der Waals surface area contributed by atoms with E-state index in [1.807, 2.05) is 17.5 Å². The molecule has 0 aliphatic rings. The molecule has 0 saturated carbocycles. The lowest BCUT2D eigenvalue weighted by Gasteiger charge is -2.15. The minimum absolute atomic E-state index is 0.0606. The zero-order valence-corrected chi connectivity index (χ0v) is 14.6. The number of methoxy groups -OCH3 is 1. The van der Waals surface area contributed by atoms with Crippen LogP contribution in [0.25, 0.3) is 0 Å². The first-order valence-electron chi connectivity index (χ1n) is 6.85. The van der Waals surface area contributed by atoms with Gasteiger partial charge in [0.25, 0.3) is 0 Å². The second kappa shape index (κ2) is 7.12. The lowest BCUT2D eigenvalue weighted by Crippen LogP contribution is -2.26. The van der Waals surface area contributed by atoms with Gasteiger partial charge in [-0.2, -0.15) is 0 Å². The van der Waals surface area contributed by atoms with Gasteiger partial charge in [0.1, 0.15) is 5.75 Å². The minimum atomic E-state index is -3.72. The number of hydrogen-bond acceptors (Lipinski definition) is 5. The summed E-state index contributed by atoms with van der Waals surface area (Å²) in [6, 6.07) is 7.72. The Morgan fingerprint density at radius 3 is 2.61 bits per heavy atom. The molecule has 1 amide bonds. The van der Waals surface area contributed by atoms with E-state index in [-0.39, 0.29) is 16.8 Å². The van der Waals surface area contributed by atoms with Crippen molar-refractivity contribution in [1.82, 2.24) is 4.72 Å². The summed E-state index contributed by atoms with van der Waals surface area (Å²) in [7, 11) is -2.27. The number of amides is 1. The van der Waals surface area contributed by atoms with Crippen molar-refractivity contribution in [2.24, 2.45) is 0 Å². The van der Waals surface area contributed by atoms with Crippen molar-refractivity contribution in [3.8, 4) is 5.75 Å². The maximum Gasteiger partial charge on any atom is 0.241 e. The number of carbonyl (C=O) groups is 1. The molecule has 1 heterocycles. The van der Waals surface area contributed by atoms with Crippen LogP contribution in [0.4, 0.5) is 5.69 Å². The van der Waals surface area contributed by atoms with E-state index in [0.717, 1.165) is 4.88 Å². The minimum Gasteiger partial charge on any atom is -0.495 e. The number of benzene rings is 1. The summed E-state index contributed by atoms with van der Waals surface area (Å²) in [6.45, 7) is 3.12. The van der Waals surface area contributed by atoms with Crippen LogP contribution in [0.5, 0.6) is 5.75 Å². The molecule has 23 heavy (non-hydrogen) atoms.